The molecule has 230 valence electrons. The summed E-state index contributed by atoms with van der Waals surface area (Å²) in [5.74, 6) is -1.08. The third-order valence-corrected chi connectivity index (χ3v) is 9.48. The fourth-order valence-corrected chi connectivity index (χ4v) is 6.54. The first-order valence-corrected chi connectivity index (χ1v) is 15.6. The molecule has 43 heavy (non-hydrogen) atoms. The summed E-state index contributed by atoms with van der Waals surface area (Å²) in [5.41, 5.74) is 1.13. The summed E-state index contributed by atoms with van der Waals surface area (Å²) in [4.78, 5) is 28.7. The second kappa shape index (κ2) is 13.9. The first kappa shape index (κ1) is 31.8. The predicted octanol–water partition coefficient (Wildman–Crippen LogP) is 4.82. The molecule has 1 aliphatic rings. The lowest BCUT2D eigenvalue weighted by molar-refractivity contribution is -0.139. The number of carbonyl (C=O) groups excluding carboxylic acids is 2. The van der Waals surface area contributed by atoms with Gasteiger partial charge in [-0.1, -0.05) is 48.7 Å². The van der Waals surface area contributed by atoms with Crippen LogP contribution in [-0.4, -0.2) is 58.0 Å². The van der Waals surface area contributed by atoms with Crippen LogP contribution in [0, 0.1) is 12.7 Å². The number of nitrogens with one attached hydrogen (secondary N) is 1. The molecule has 1 saturated carbocycles. The molecule has 0 heterocycles. The molecule has 1 unspecified atom stereocenters. The van der Waals surface area contributed by atoms with Crippen LogP contribution in [0.25, 0.3) is 0 Å². The van der Waals surface area contributed by atoms with Gasteiger partial charge in [-0.3, -0.25) is 13.9 Å². The van der Waals surface area contributed by atoms with Crippen LogP contribution in [0.1, 0.15) is 43.7 Å². The molecular formula is C32H38FN3O6S. The minimum Gasteiger partial charge on any atom is -0.497 e. The van der Waals surface area contributed by atoms with Gasteiger partial charge in [0.25, 0.3) is 10.0 Å². The van der Waals surface area contributed by atoms with Crippen molar-refractivity contribution in [2.75, 3.05) is 25.1 Å². The maximum absolute atomic E-state index is 14.8. The van der Waals surface area contributed by atoms with Gasteiger partial charge in [0, 0.05) is 24.2 Å². The number of nitrogens with zero attached hydrogens (tertiary/aromatic N) is 2. The van der Waals surface area contributed by atoms with Gasteiger partial charge in [-0.25, -0.2) is 12.8 Å². The van der Waals surface area contributed by atoms with Crippen LogP contribution in [-0.2, 0) is 26.2 Å². The van der Waals surface area contributed by atoms with Crippen molar-refractivity contribution in [1.82, 2.24) is 10.2 Å². The highest BCUT2D eigenvalue weighted by Gasteiger charge is 2.35. The Morgan fingerprint density at radius 3 is 2.30 bits per heavy atom. The van der Waals surface area contributed by atoms with Crippen molar-refractivity contribution in [3.8, 4) is 11.5 Å². The van der Waals surface area contributed by atoms with Crippen LogP contribution in [0.15, 0.2) is 71.6 Å². The zero-order valence-corrected chi connectivity index (χ0v) is 25.7. The molecule has 1 aliphatic carbocycles. The number of methoxy groups -OCH3 is 2. The van der Waals surface area contributed by atoms with E-state index in [0.29, 0.717) is 5.75 Å². The van der Waals surface area contributed by atoms with Crippen LogP contribution in [0.5, 0.6) is 11.5 Å². The number of aryl methyl sites for hydroxylation is 1. The molecule has 3 aromatic carbocycles. The van der Waals surface area contributed by atoms with Gasteiger partial charge in [-0.2, -0.15) is 0 Å². The number of halogens is 1. The largest absolute Gasteiger partial charge is 0.497 e. The molecule has 0 aromatic heterocycles. The maximum Gasteiger partial charge on any atom is 0.264 e. The second-order valence-electron chi connectivity index (χ2n) is 10.6. The number of rotatable bonds is 12. The average Bonchev–Trinajstić information content (AvgIpc) is 3.51. The lowest BCUT2D eigenvalue weighted by Crippen LogP contribution is -2.52. The summed E-state index contributed by atoms with van der Waals surface area (Å²) >= 11 is 0. The molecule has 11 heteroatoms. The third kappa shape index (κ3) is 7.45. The van der Waals surface area contributed by atoms with Gasteiger partial charge in [0.15, 0.2) is 0 Å². The Bertz CT molecular complexity index is 1540. The number of carbonyl (C=O) groups is 2. The first-order valence-electron chi connectivity index (χ1n) is 14.2. The zero-order chi connectivity index (χ0) is 31.1. The lowest BCUT2D eigenvalue weighted by atomic mass is 10.1. The smallest absolute Gasteiger partial charge is 0.264 e. The molecule has 2 amide bonds. The SMILES string of the molecule is COc1ccc(OC)c(N(CC(=O)N(Cc2ccccc2F)C(C)C(=O)NC2CCCC2)S(=O)(=O)c2ccc(C)cc2)c1. The topological polar surface area (TPSA) is 105 Å². The van der Waals surface area contributed by atoms with Gasteiger partial charge < -0.3 is 19.7 Å². The monoisotopic (exact) mass is 611 g/mol. The van der Waals surface area contributed by atoms with Crippen LogP contribution in [0.3, 0.4) is 0 Å². The normalized spacial score (nSPS) is 14.2. The molecule has 0 radical (unpaired) electrons. The van der Waals surface area contributed by atoms with E-state index in [2.05, 4.69) is 5.32 Å². The summed E-state index contributed by atoms with van der Waals surface area (Å²) < 4.78 is 54.8. The quantitative estimate of drug-likeness (QED) is 0.315. The first-order chi connectivity index (χ1) is 20.5. The fraction of sp³-hybridized carbons (Fsp3) is 0.375. The van der Waals surface area contributed by atoms with Gasteiger partial charge in [0.2, 0.25) is 11.8 Å². The van der Waals surface area contributed by atoms with Gasteiger partial charge in [0.05, 0.1) is 24.8 Å². The standard InChI is InChI=1S/C32H38FN3O6S/c1-22-13-16-27(17-14-22)43(39,40)36(29-19-26(41-3)15-18-30(29)42-4)21-31(37)35(20-24-9-5-8-12-28(24)33)23(2)32(38)34-25-10-6-7-11-25/h5,8-9,12-19,23,25H,6-7,10-11,20-21H2,1-4H3,(H,34,38). The van der Waals surface area contributed by atoms with E-state index in [1.54, 1.807) is 37.3 Å². The minimum atomic E-state index is -4.33. The summed E-state index contributed by atoms with van der Waals surface area (Å²) in [6.07, 6.45) is 3.70. The Morgan fingerprint density at radius 2 is 1.67 bits per heavy atom. The van der Waals surface area contributed by atoms with Crippen LogP contribution in [0.2, 0.25) is 0 Å². The van der Waals surface area contributed by atoms with E-state index in [1.165, 1.54) is 55.5 Å². The Labute approximate surface area is 252 Å². The highest BCUT2D eigenvalue weighted by Crippen LogP contribution is 2.36. The Hall–Kier alpha value is -4.12. The summed E-state index contributed by atoms with van der Waals surface area (Å²) in [7, 11) is -1.49. The number of sulfonamides is 1. The van der Waals surface area contributed by atoms with Crippen molar-refractivity contribution in [2.24, 2.45) is 0 Å². The number of amides is 2. The molecule has 0 saturated heterocycles. The van der Waals surface area contributed by atoms with E-state index in [9.17, 15) is 22.4 Å². The van der Waals surface area contributed by atoms with Crippen molar-refractivity contribution in [2.45, 2.75) is 63.1 Å². The van der Waals surface area contributed by atoms with E-state index in [4.69, 9.17) is 9.47 Å². The van der Waals surface area contributed by atoms with Gasteiger partial charge in [-0.15, -0.1) is 0 Å². The van der Waals surface area contributed by atoms with Gasteiger partial charge in [-0.05, 0) is 57.0 Å². The van der Waals surface area contributed by atoms with E-state index >= 15 is 0 Å². The number of anilines is 1. The second-order valence-corrected chi connectivity index (χ2v) is 12.5. The molecular weight excluding hydrogens is 573 g/mol. The summed E-state index contributed by atoms with van der Waals surface area (Å²) in [6, 6.07) is 15.8. The van der Waals surface area contributed by atoms with Gasteiger partial charge >= 0.3 is 0 Å². The Kier molecular flexibility index (Phi) is 10.3. The zero-order valence-electron chi connectivity index (χ0n) is 24.9. The van der Waals surface area contributed by atoms with Crippen molar-refractivity contribution in [3.63, 3.8) is 0 Å². The molecule has 0 spiro atoms. The van der Waals surface area contributed by atoms with Crippen molar-refractivity contribution in [1.29, 1.82) is 0 Å². The van der Waals surface area contributed by atoms with E-state index in [0.717, 1.165) is 35.6 Å². The minimum absolute atomic E-state index is 0.000165. The number of hydrogen-bond acceptors (Lipinski definition) is 6. The van der Waals surface area contributed by atoms with E-state index in [-0.39, 0.29) is 40.4 Å². The fourth-order valence-electron chi connectivity index (χ4n) is 5.13. The van der Waals surface area contributed by atoms with Gasteiger partial charge in [0.1, 0.15) is 29.9 Å². The lowest BCUT2D eigenvalue weighted by Gasteiger charge is -2.33. The van der Waals surface area contributed by atoms with Crippen LogP contribution >= 0.6 is 0 Å². The Balaban J connectivity index is 1.76. The molecule has 0 bridgehead atoms. The van der Waals surface area contributed by atoms with Crippen molar-refractivity contribution in [3.05, 3.63) is 83.7 Å². The summed E-state index contributed by atoms with van der Waals surface area (Å²) in [5, 5.41) is 3.00. The average molecular weight is 612 g/mol. The third-order valence-electron chi connectivity index (χ3n) is 7.71. The highest BCUT2D eigenvalue weighted by atomic mass is 32.2. The van der Waals surface area contributed by atoms with E-state index < -0.39 is 34.3 Å². The van der Waals surface area contributed by atoms with Crippen LogP contribution < -0.4 is 19.1 Å². The molecule has 4 rings (SSSR count). The molecule has 9 nitrogen and oxygen atoms in total. The summed E-state index contributed by atoms with van der Waals surface area (Å²) in [6.45, 7) is 2.48. The van der Waals surface area contributed by atoms with Crippen LogP contribution in [0.4, 0.5) is 10.1 Å². The number of ether oxygens (including phenoxy) is 2. The predicted molar refractivity (Wildman–Crippen MR) is 162 cm³/mol. The van der Waals surface area contributed by atoms with E-state index in [1.807, 2.05) is 6.92 Å². The van der Waals surface area contributed by atoms with Crippen molar-refractivity contribution < 1.29 is 31.9 Å². The number of benzene rings is 3. The molecule has 1 atom stereocenters. The maximum atomic E-state index is 14.8. The van der Waals surface area contributed by atoms with Crippen molar-refractivity contribution >= 4 is 27.5 Å². The molecule has 1 fully saturated rings. The molecule has 1 N–H and O–H groups in total. The molecule has 3 aromatic rings. The molecule has 0 aliphatic heterocycles. The number of hydrogen-bond donors (Lipinski definition) is 1. The Morgan fingerprint density at radius 1 is 1.00 bits per heavy atom. The highest BCUT2D eigenvalue weighted by molar-refractivity contribution is 7.92.